The molecule has 0 bridgehead atoms. The Kier molecular flexibility index (Phi) is 6.74. The predicted molar refractivity (Wildman–Crippen MR) is 117 cm³/mol. The fourth-order valence-electron chi connectivity index (χ4n) is 4.78. The number of nitrogens with one attached hydrogen (secondary N) is 2. The molecule has 1 unspecified atom stereocenters. The van der Waals surface area contributed by atoms with Crippen LogP contribution in [-0.4, -0.2) is 74.2 Å². The van der Waals surface area contributed by atoms with Gasteiger partial charge in [-0.2, -0.15) is 0 Å². The van der Waals surface area contributed by atoms with E-state index < -0.39 is 47.4 Å². The lowest BCUT2D eigenvalue weighted by Crippen LogP contribution is -2.56. The van der Waals surface area contributed by atoms with E-state index in [0.717, 1.165) is 19.3 Å². The molecule has 1 aromatic rings. The third-order valence-corrected chi connectivity index (χ3v) is 6.80. The minimum absolute atomic E-state index is 0.00305. The van der Waals surface area contributed by atoms with E-state index in [1.807, 2.05) is 12.2 Å². The van der Waals surface area contributed by atoms with Crippen LogP contribution in [0, 0.1) is 12.8 Å². The molecule has 34 heavy (non-hydrogen) atoms. The normalized spacial score (nSPS) is 32.1. The van der Waals surface area contributed by atoms with Crippen LogP contribution in [-0.2, 0) is 14.4 Å². The summed E-state index contributed by atoms with van der Waals surface area (Å²) in [5.74, 6) is -2.65. The number of nitrogens with zero attached hydrogens (tertiary/aromatic N) is 2. The number of carboxylic acid groups (broad SMARTS) is 1. The van der Waals surface area contributed by atoms with Crippen LogP contribution in [0.1, 0.15) is 61.2 Å². The molecule has 0 aromatic carbocycles. The van der Waals surface area contributed by atoms with Crippen LogP contribution in [0.5, 0.6) is 0 Å². The number of hydrogen-bond donors (Lipinski definition) is 4. The van der Waals surface area contributed by atoms with Crippen LogP contribution in [0.2, 0.25) is 0 Å². The molecule has 4 N–H and O–H groups in total. The highest BCUT2D eigenvalue weighted by molar-refractivity contribution is 5.98. The van der Waals surface area contributed by atoms with Crippen LogP contribution < -0.4 is 10.6 Å². The average Bonchev–Trinajstić information content (AvgIpc) is 3.09. The number of carbonyl (C=O) groups excluding carboxylic acids is 3. The summed E-state index contributed by atoms with van der Waals surface area (Å²) in [5, 5.41) is 29.0. The van der Waals surface area contributed by atoms with Crippen molar-refractivity contribution in [3.63, 3.8) is 0 Å². The average molecular weight is 475 g/mol. The van der Waals surface area contributed by atoms with Gasteiger partial charge < -0.3 is 30.3 Å². The van der Waals surface area contributed by atoms with E-state index in [-0.39, 0.29) is 31.0 Å². The lowest BCUT2D eigenvalue weighted by molar-refractivity contribution is -0.145. The van der Waals surface area contributed by atoms with E-state index in [9.17, 15) is 29.4 Å². The van der Waals surface area contributed by atoms with E-state index in [1.165, 1.54) is 11.0 Å². The number of aromatic nitrogens is 1. The maximum Gasteiger partial charge on any atom is 0.330 e. The summed E-state index contributed by atoms with van der Waals surface area (Å²) in [6.07, 6.45) is 6.55. The van der Waals surface area contributed by atoms with Gasteiger partial charge in [-0.1, -0.05) is 30.2 Å². The van der Waals surface area contributed by atoms with Gasteiger partial charge in [0, 0.05) is 24.9 Å². The SMILES string of the molecule is Cc1cc(C(=O)N[C@H]2CCCCCC=CC3C[C@@]3(C(=O)O)NC(=O)[C@@H]3C[C@@H](O)CN3C2=O)no1. The van der Waals surface area contributed by atoms with Crippen molar-refractivity contribution >= 4 is 23.7 Å². The van der Waals surface area contributed by atoms with Crippen molar-refractivity contribution in [2.24, 2.45) is 5.92 Å². The Balaban J connectivity index is 1.57. The highest BCUT2D eigenvalue weighted by Gasteiger charge is 2.61. The Bertz CT molecular complexity index is 1010. The van der Waals surface area contributed by atoms with Crippen LogP contribution >= 0.6 is 0 Å². The van der Waals surface area contributed by atoms with E-state index in [4.69, 9.17) is 4.52 Å². The van der Waals surface area contributed by atoms with Crippen LogP contribution in [0.15, 0.2) is 22.7 Å². The summed E-state index contributed by atoms with van der Waals surface area (Å²) in [6, 6.07) is -0.484. The minimum Gasteiger partial charge on any atom is -0.479 e. The van der Waals surface area contributed by atoms with Crippen molar-refractivity contribution in [3.05, 3.63) is 29.7 Å². The van der Waals surface area contributed by atoms with Crippen molar-refractivity contribution in [3.8, 4) is 0 Å². The summed E-state index contributed by atoms with van der Waals surface area (Å²) in [6.45, 7) is 1.58. The van der Waals surface area contributed by atoms with Crippen molar-refractivity contribution < 1.29 is 33.9 Å². The van der Waals surface area contributed by atoms with E-state index in [2.05, 4.69) is 15.8 Å². The summed E-state index contributed by atoms with van der Waals surface area (Å²) in [5.41, 5.74) is -1.35. The number of amides is 3. The molecular formula is C23H30N4O7. The molecule has 5 atom stereocenters. The molecule has 3 heterocycles. The molecular weight excluding hydrogens is 444 g/mol. The number of hydrogen-bond acceptors (Lipinski definition) is 7. The number of aliphatic hydroxyl groups is 1. The molecule has 4 rings (SSSR count). The Hall–Kier alpha value is -3.21. The maximum absolute atomic E-state index is 13.5. The zero-order chi connectivity index (χ0) is 24.5. The van der Waals surface area contributed by atoms with Crippen LogP contribution in [0.4, 0.5) is 0 Å². The van der Waals surface area contributed by atoms with Crippen molar-refractivity contribution in [1.82, 2.24) is 20.7 Å². The standard InChI is InChI=1S/C23H30N4O7/c1-13-9-17(26-34-13)19(29)24-16-8-6-4-2-3-5-7-14-11-23(14,22(32)33)25-20(30)18-10-15(28)12-27(18)21(16)31/h5,7,9,14-16,18,28H,2-4,6,8,10-12H2,1H3,(H,24,29)(H,25,30)(H,32,33)/t14?,15-,16+,18+,23-/m1/s1. The van der Waals surface area contributed by atoms with Gasteiger partial charge in [-0.25, -0.2) is 4.79 Å². The molecule has 3 amide bonds. The van der Waals surface area contributed by atoms with Crippen molar-refractivity contribution in [1.29, 1.82) is 0 Å². The zero-order valence-corrected chi connectivity index (χ0v) is 19.0. The number of carboxylic acids is 1. The summed E-state index contributed by atoms with van der Waals surface area (Å²) in [7, 11) is 0. The second kappa shape index (κ2) is 9.57. The number of carbonyl (C=O) groups is 4. The number of allylic oxidation sites excluding steroid dienone is 1. The summed E-state index contributed by atoms with van der Waals surface area (Å²) >= 11 is 0. The molecule has 11 nitrogen and oxygen atoms in total. The fourth-order valence-corrected chi connectivity index (χ4v) is 4.78. The lowest BCUT2D eigenvalue weighted by Gasteiger charge is -2.29. The molecule has 0 radical (unpaired) electrons. The van der Waals surface area contributed by atoms with E-state index >= 15 is 0 Å². The molecule has 184 valence electrons. The molecule has 3 aliphatic rings. The van der Waals surface area contributed by atoms with Crippen LogP contribution in [0.25, 0.3) is 0 Å². The highest BCUT2D eigenvalue weighted by atomic mass is 16.5. The number of aryl methyl sites for hydroxylation is 1. The number of fused-ring (bicyclic) bond motifs is 2. The van der Waals surface area contributed by atoms with Crippen molar-refractivity contribution in [2.75, 3.05) is 6.54 Å². The van der Waals surface area contributed by atoms with E-state index in [0.29, 0.717) is 18.6 Å². The Morgan fingerprint density at radius 3 is 2.79 bits per heavy atom. The Morgan fingerprint density at radius 1 is 1.29 bits per heavy atom. The first-order valence-corrected chi connectivity index (χ1v) is 11.7. The van der Waals surface area contributed by atoms with Gasteiger partial charge in [0.25, 0.3) is 5.91 Å². The topological polar surface area (TPSA) is 162 Å². The molecule has 0 spiro atoms. The Morgan fingerprint density at radius 2 is 2.09 bits per heavy atom. The van der Waals surface area contributed by atoms with Gasteiger partial charge in [0.2, 0.25) is 11.8 Å². The monoisotopic (exact) mass is 474 g/mol. The molecule has 11 heteroatoms. The first-order chi connectivity index (χ1) is 16.2. The van der Waals surface area contributed by atoms with Gasteiger partial charge in [-0.05, 0) is 32.6 Å². The largest absolute Gasteiger partial charge is 0.479 e. The Labute approximate surface area is 196 Å². The van der Waals surface area contributed by atoms with Gasteiger partial charge in [0.05, 0.1) is 6.10 Å². The lowest BCUT2D eigenvalue weighted by atomic mass is 10.0. The molecule has 2 aliphatic heterocycles. The molecule has 1 aliphatic carbocycles. The maximum atomic E-state index is 13.5. The van der Waals surface area contributed by atoms with Gasteiger partial charge in [-0.15, -0.1) is 0 Å². The molecule has 2 fully saturated rings. The minimum atomic E-state index is -1.39. The number of rotatable bonds is 3. The van der Waals surface area contributed by atoms with Gasteiger partial charge in [0.15, 0.2) is 5.69 Å². The molecule has 1 saturated carbocycles. The summed E-state index contributed by atoms with van der Waals surface area (Å²) in [4.78, 5) is 52.5. The van der Waals surface area contributed by atoms with Crippen LogP contribution in [0.3, 0.4) is 0 Å². The third-order valence-electron chi connectivity index (χ3n) is 6.80. The molecule has 1 aromatic heterocycles. The quantitative estimate of drug-likeness (QED) is 0.461. The number of aliphatic carboxylic acids is 1. The van der Waals surface area contributed by atoms with E-state index in [1.54, 1.807) is 6.92 Å². The number of aliphatic hydroxyl groups excluding tert-OH is 1. The second-order valence-electron chi connectivity index (χ2n) is 9.39. The zero-order valence-electron chi connectivity index (χ0n) is 19.0. The smallest absolute Gasteiger partial charge is 0.330 e. The highest BCUT2D eigenvalue weighted by Crippen LogP contribution is 2.45. The van der Waals surface area contributed by atoms with Crippen molar-refractivity contribution in [2.45, 2.75) is 75.6 Å². The fraction of sp³-hybridized carbons (Fsp3) is 0.609. The first kappa shape index (κ1) is 23.9. The van der Waals surface area contributed by atoms with Gasteiger partial charge in [-0.3, -0.25) is 14.4 Å². The van der Waals surface area contributed by atoms with Gasteiger partial charge in [0.1, 0.15) is 23.4 Å². The molecule has 1 saturated heterocycles. The second-order valence-corrected chi connectivity index (χ2v) is 9.39. The first-order valence-electron chi connectivity index (χ1n) is 11.7. The van der Waals surface area contributed by atoms with Gasteiger partial charge >= 0.3 is 5.97 Å². The third kappa shape index (κ3) is 4.84. The summed E-state index contributed by atoms with van der Waals surface area (Å²) < 4.78 is 4.94. The predicted octanol–water partition coefficient (Wildman–Crippen LogP) is 0.523.